The number of carboxylic acid groups (broad SMARTS) is 1. The van der Waals surface area contributed by atoms with Crippen LogP contribution < -0.4 is 0 Å². The van der Waals surface area contributed by atoms with Gasteiger partial charge < -0.3 is 5.11 Å². The Morgan fingerprint density at radius 3 is 2.50 bits per heavy atom. The van der Waals surface area contributed by atoms with Gasteiger partial charge in [-0.15, -0.1) is 0 Å². The molecule has 0 amide bonds. The highest BCUT2D eigenvalue weighted by atomic mass is 16.4. The molecular formula is C12H22O2. The lowest BCUT2D eigenvalue weighted by molar-refractivity contribution is -0.144. The lowest BCUT2D eigenvalue weighted by Crippen LogP contribution is -2.25. The Morgan fingerprint density at radius 1 is 1.36 bits per heavy atom. The van der Waals surface area contributed by atoms with Crippen molar-refractivity contribution in [2.75, 3.05) is 0 Å². The molecule has 0 aromatic carbocycles. The molecular weight excluding hydrogens is 176 g/mol. The van der Waals surface area contributed by atoms with Crippen molar-refractivity contribution in [1.29, 1.82) is 0 Å². The molecule has 1 saturated carbocycles. The quantitative estimate of drug-likeness (QED) is 0.734. The number of rotatable bonds is 5. The Balaban J connectivity index is 2.43. The minimum absolute atomic E-state index is 0.0600. The molecule has 1 fully saturated rings. The van der Waals surface area contributed by atoms with Crippen LogP contribution in [-0.2, 0) is 4.79 Å². The lowest BCUT2D eigenvalue weighted by atomic mass is 9.78. The van der Waals surface area contributed by atoms with Gasteiger partial charge in [-0.05, 0) is 25.2 Å². The third-order valence-electron chi connectivity index (χ3n) is 3.40. The second kappa shape index (κ2) is 6.05. The zero-order valence-corrected chi connectivity index (χ0v) is 9.17. The topological polar surface area (TPSA) is 37.3 Å². The Hall–Kier alpha value is -0.530. The summed E-state index contributed by atoms with van der Waals surface area (Å²) in [4.78, 5) is 11.1. The maximum absolute atomic E-state index is 11.1. The summed E-state index contributed by atoms with van der Waals surface area (Å²) in [7, 11) is 0. The molecule has 2 heteroatoms. The average Bonchev–Trinajstić information content (AvgIpc) is 2.19. The highest BCUT2D eigenvalue weighted by Gasteiger charge is 2.28. The molecule has 1 atom stereocenters. The molecule has 0 bridgehead atoms. The summed E-state index contributed by atoms with van der Waals surface area (Å²) < 4.78 is 0. The molecule has 2 nitrogen and oxygen atoms in total. The van der Waals surface area contributed by atoms with Crippen molar-refractivity contribution in [2.45, 2.75) is 58.3 Å². The van der Waals surface area contributed by atoms with Crippen LogP contribution in [0.15, 0.2) is 0 Å². The number of carbonyl (C=O) groups is 1. The summed E-state index contributed by atoms with van der Waals surface area (Å²) in [6.07, 6.45) is 9.11. The van der Waals surface area contributed by atoms with E-state index >= 15 is 0 Å². The van der Waals surface area contributed by atoms with E-state index < -0.39 is 5.97 Å². The summed E-state index contributed by atoms with van der Waals surface area (Å²) in [5.41, 5.74) is 0. The number of carboxylic acids is 1. The van der Waals surface area contributed by atoms with Crippen molar-refractivity contribution in [3.63, 3.8) is 0 Å². The van der Waals surface area contributed by atoms with E-state index in [1.54, 1.807) is 0 Å². The van der Waals surface area contributed by atoms with Crippen molar-refractivity contribution in [2.24, 2.45) is 11.8 Å². The number of hydrogen-bond donors (Lipinski definition) is 1. The molecule has 14 heavy (non-hydrogen) atoms. The fourth-order valence-corrected chi connectivity index (χ4v) is 2.52. The van der Waals surface area contributed by atoms with Crippen molar-refractivity contribution in [3.05, 3.63) is 0 Å². The molecule has 1 rings (SSSR count). The Labute approximate surface area is 86.7 Å². The zero-order valence-electron chi connectivity index (χ0n) is 9.17. The second-order valence-electron chi connectivity index (χ2n) is 4.49. The van der Waals surface area contributed by atoms with Gasteiger partial charge in [-0.1, -0.05) is 39.0 Å². The standard InChI is InChI=1S/C12H22O2/c1-2-3-9-11(12(13)14)10-7-5-4-6-8-10/h10-11H,2-9H2,1H3,(H,13,14)/t11-/m0/s1. The van der Waals surface area contributed by atoms with Gasteiger partial charge in [0, 0.05) is 0 Å². The highest BCUT2D eigenvalue weighted by molar-refractivity contribution is 5.70. The first-order valence-corrected chi connectivity index (χ1v) is 5.98. The van der Waals surface area contributed by atoms with Crippen molar-refractivity contribution in [3.8, 4) is 0 Å². The summed E-state index contributed by atoms with van der Waals surface area (Å²) in [5.74, 6) is -0.159. The van der Waals surface area contributed by atoms with Gasteiger partial charge in [-0.25, -0.2) is 0 Å². The third-order valence-corrected chi connectivity index (χ3v) is 3.40. The molecule has 0 unspecified atom stereocenters. The molecule has 0 aromatic rings. The van der Waals surface area contributed by atoms with Gasteiger partial charge in [0.25, 0.3) is 0 Å². The Bertz CT molecular complexity index is 171. The summed E-state index contributed by atoms with van der Waals surface area (Å²) in [6, 6.07) is 0. The van der Waals surface area contributed by atoms with Crippen molar-refractivity contribution in [1.82, 2.24) is 0 Å². The van der Waals surface area contributed by atoms with E-state index in [0.717, 1.165) is 32.1 Å². The molecule has 0 spiro atoms. The van der Waals surface area contributed by atoms with Crippen LogP contribution in [0, 0.1) is 11.8 Å². The SMILES string of the molecule is CCCC[C@H](C(=O)O)C1CCCCC1. The van der Waals surface area contributed by atoms with E-state index in [-0.39, 0.29) is 5.92 Å². The fourth-order valence-electron chi connectivity index (χ4n) is 2.52. The molecule has 0 aliphatic heterocycles. The van der Waals surface area contributed by atoms with E-state index in [1.807, 2.05) is 0 Å². The van der Waals surface area contributed by atoms with Crippen LogP contribution in [0.2, 0.25) is 0 Å². The molecule has 1 N–H and O–H groups in total. The molecule has 82 valence electrons. The van der Waals surface area contributed by atoms with Gasteiger partial charge in [0.1, 0.15) is 0 Å². The van der Waals surface area contributed by atoms with Crippen LogP contribution in [-0.4, -0.2) is 11.1 Å². The van der Waals surface area contributed by atoms with Gasteiger partial charge in [0.2, 0.25) is 0 Å². The lowest BCUT2D eigenvalue weighted by Gasteiger charge is -2.27. The van der Waals surface area contributed by atoms with Crippen LogP contribution in [0.3, 0.4) is 0 Å². The van der Waals surface area contributed by atoms with Crippen molar-refractivity contribution < 1.29 is 9.90 Å². The van der Waals surface area contributed by atoms with Gasteiger partial charge in [-0.2, -0.15) is 0 Å². The highest BCUT2D eigenvalue weighted by Crippen LogP contribution is 2.32. The largest absolute Gasteiger partial charge is 0.481 e. The minimum atomic E-state index is -0.564. The van der Waals surface area contributed by atoms with Gasteiger partial charge in [0.05, 0.1) is 5.92 Å². The van der Waals surface area contributed by atoms with Gasteiger partial charge >= 0.3 is 5.97 Å². The summed E-state index contributed by atoms with van der Waals surface area (Å²) in [5, 5.41) is 9.15. The second-order valence-corrected chi connectivity index (χ2v) is 4.49. The maximum atomic E-state index is 11.1. The molecule has 0 radical (unpaired) electrons. The first kappa shape index (κ1) is 11.5. The molecule has 0 heterocycles. The molecule has 0 aromatic heterocycles. The van der Waals surface area contributed by atoms with Crippen LogP contribution in [0.1, 0.15) is 58.3 Å². The van der Waals surface area contributed by atoms with E-state index in [1.165, 1.54) is 19.3 Å². The minimum Gasteiger partial charge on any atom is -0.481 e. The van der Waals surface area contributed by atoms with Crippen LogP contribution in [0.4, 0.5) is 0 Å². The predicted molar refractivity (Wildman–Crippen MR) is 57.2 cm³/mol. The fraction of sp³-hybridized carbons (Fsp3) is 0.917. The molecule has 0 saturated heterocycles. The zero-order chi connectivity index (χ0) is 10.4. The number of unbranched alkanes of at least 4 members (excludes halogenated alkanes) is 1. The summed E-state index contributed by atoms with van der Waals surface area (Å²) >= 11 is 0. The normalized spacial score (nSPS) is 20.6. The van der Waals surface area contributed by atoms with Gasteiger partial charge in [0.15, 0.2) is 0 Å². The van der Waals surface area contributed by atoms with Crippen molar-refractivity contribution >= 4 is 5.97 Å². The first-order valence-electron chi connectivity index (χ1n) is 5.98. The first-order chi connectivity index (χ1) is 6.75. The third kappa shape index (κ3) is 3.32. The van der Waals surface area contributed by atoms with E-state index in [0.29, 0.717) is 5.92 Å². The monoisotopic (exact) mass is 198 g/mol. The van der Waals surface area contributed by atoms with E-state index in [2.05, 4.69) is 6.92 Å². The summed E-state index contributed by atoms with van der Waals surface area (Å²) in [6.45, 7) is 2.12. The van der Waals surface area contributed by atoms with E-state index in [9.17, 15) is 4.79 Å². The van der Waals surface area contributed by atoms with E-state index in [4.69, 9.17) is 5.11 Å². The number of aliphatic carboxylic acids is 1. The predicted octanol–water partition coefficient (Wildman–Crippen LogP) is 3.46. The smallest absolute Gasteiger partial charge is 0.306 e. The molecule has 1 aliphatic rings. The van der Waals surface area contributed by atoms with Crippen LogP contribution in [0.25, 0.3) is 0 Å². The number of hydrogen-bond acceptors (Lipinski definition) is 1. The maximum Gasteiger partial charge on any atom is 0.306 e. The van der Waals surface area contributed by atoms with Gasteiger partial charge in [-0.3, -0.25) is 4.79 Å². The van der Waals surface area contributed by atoms with Crippen LogP contribution in [0.5, 0.6) is 0 Å². The Morgan fingerprint density at radius 2 is 2.00 bits per heavy atom. The molecule has 1 aliphatic carbocycles. The average molecular weight is 198 g/mol. The van der Waals surface area contributed by atoms with Crippen LogP contribution >= 0.6 is 0 Å². The Kier molecular flexibility index (Phi) is 4.99.